The fourth-order valence-electron chi connectivity index (χ4n) is 3.87. The van der Waals surface area contributed by atoms with Crippen LogP contribution in [0.3, 0.4) is 0 Å². The van der Waals surface area contributed by atoms with Crippen LogP contribution < -0.4 is 0 Å². The quantitative estimate of drug-likeness (QED) is 0.373. The van der Waals surface area contributed by atoms with Crippen molar-refractivity contribution in [1.29, 1.82) is 0 Å². The maximum Gasteiger partial charge on any atom is 0.117 e. The van der Waals surface area contributed by atoms with Gasteiger partial charge in [0.05, 0.1) is 24.0 Å². The summed E-state index contributed by atoms with van der Waals surface area (Å²) < 4.78 is 5.48. The average Bonchev–Trinajstić information content (AvgIpc) is 3.19. The lowest BCUT2D eigenvalue weighted by Crippen LogP contribution is -2.59. The predicted octanol–water partition coefficient (Wildman–Crippen LogP) is 0.414. The Hall–Kier alpha value is -2.33. The van der Waals surface area contributed by atoms with E-state index >= 15 is 0 Å². The van der Waals surface area contributed by atoms with Crippen molar-refractivity contribution in [3.63, 3.8) is 0 Å². The number of hydrogen-bond donors (Lipinski definition) is 6. The topological polar surface area (TPSA) is 139 Å². The third-order valence-electron chi connectivity index (χ3n) is 5.58. The van der Waals surface area contributed by atoms with Crippen LogP contribution in [0.5, 0.6) is 0 Å². The fraction of sp³-hybridized carbons (Fsp3) is 0.381. The van der Waals surface area contributed by atoms with Crippen LogP contribution in [0.1, 0.15) is 17.2 Å². The van der Waals surface area contributed by atoms with Gasteiger partial charge in [-0.2, -0.15) is 0 Å². The molecule has 1 saturated heterocycles. The number of aliphatic hydroxyl groups excluding tert-OH is 5. The molecule has 6 atom stereocenters. The van der Waals surface area contributed by atoms with E-state index in [2.05, 4.69) is 9.97 Å². The molecule has 1 fully saturated rings. The minimum Gasteiger partial charge on any atom is -0.394 e. The van der Waals surface area contributed by atoms with E-state index in [1.807, 2.05) is 37.3 Å². The molecule has 8 nitrogen and oxygen atoms in total. The third-order valence-corrected chi connectivity index (χ3v) is 5.58. The van der Waals surface area contributed by atoms with E-state index in [0.717, 1.165) is 27.7 Å². The van der Waals surface area contributed by atoms with Crippen molar-refractivity contribution in [2.45, 2.75) is 43.5 Å². The Balaban J connectivity index is 1.61. The van der Waals surface area contributed by atoms with Gasteiger partial charge in [0, 0.05) is 0 Å². The molecule has 1 aliphatic heterocycles. The normalized spacial score (nSPS) is 28.6. The number of nitrogens with zero attached hydrogens (tertiary/aromatic N) is 1. The highest BCUT2D eigenvalue weighted by atomic mass is 16.6. The highest BCUT2D eigenvalue weighted by Crippen LogP contribution is 2.33. The van der Waals surface area contributed by atoms with Gasteiger partial charge in [-0.1, -0.05) is 24.3 Å². The number of hydrogen-bond acceptors (Lipinski definition) is 7. The molecule has 4 rings (SSSR count). The average molecular weight is 400 g/mol. The van der Waals surface area contributed by atoms with Gasteiger partial charge < -0.3 is 35.3 Å². The predicted molar refractivity (Wildman–Crippen MR) is 105 cm³/mol. The molecule has 154 valence electrons. The number of benzene rings is 2. The summed E-state index contributed by atoms with van der Waals surface area (Å²) in [5.41, 5.74) is 5.03. The number of aryl methyl sites for hydroxylation is 1. The van der Waals surface area contributed by atoms with Crippen molar-refractivity contribution in [3.05, 3.63) is 53.9 Å². The van der Waals surface area contributed by atoms with Gasteiger partial charge in [0.25, 0.3) is 0 Å². The van der Waals surface area contributed by atoms with E-state index in [4.69, 9.17) is 4.74 Å². The van der Waals surface area contributed by atoms with Crippen LogP contribution in [0.15, 0.2) is 42.7 Å². The van der Waals surface area contributed by atoms with E-state index < -0.39 is 43.2 Å². The summed E-state index contributed by atoms with van der Waals surface area (Å²) in [5, 5.41) is 50.3. The second-order valence-corrected chi connectivity index (χ2v) is 7.44. The lowest BCUT2D eigenvalue weighted by molar-refractivity contribution is -0.250. The van der Waals surface area contributed by atoms with Gasteiger partial charge in [0.2, 0.25) is 0 Å². The maximum atomic E-state index is 10.8. The Kier molecular flexibility index (Phi) is 5.39. The first-order chi connectivity index (χ1) is 13.9. The molecular weight excluding hydrogens is 376 g/mol. The molecule has 0 aliphatic carbocycles. The van der Waals surface area contributed by atoms with Crippen LogP contribution in [0, 0.1) is 6.92 Å². The number of ether oxygens (including phenoxy) is 1. The minimum atomic E-state index is -1.53. The number of fused-ring (bicyclic) bond motifs is 1. The highest BCUT2D eigenvalue weighted by molar-refractivity contribution is 5.81. The molecule has 2 heterocycles. The molecule has 0 spiro atoms. The van der Waals surface area contributed by atoms with E-state index in [0.29, 0.717) is 5.56 Å². The third kappa shape index (κ3) is 3.55. The van der Waals surface area contributed by atoms with Crippen LogP contribution in [0.25, 0.3) is 22.2 Å². The molecule has 8 heteroatoms. The molecule has 0 radical (unpaired) electrons. The highest BCUT2D eigenvalue weighted by Gasteiger charge is 2.46. The lowest BCUT2D eigenvalue weighted by atomic mass is 9.88. The summed E-state index contributed by atoms with van der Waals surface area (Å²) in [6, 6.07) is 11.4. The van der Waals surface area contributed by atoms with Crippen LogP contribution in [0.2, 0.25) is 0 Å². The molecule has 0 saturated carbocycles. The van der Waals surface area contributed by atoms with Crippen molar-refractivity contribution in [3.8, 4) is 11.1 Å². The number of aromatic amines is 1. The molecule has 3 aromatic rings. The van der Waals surface area contributed by atoms with Crippen LogP contribution >= 0.6 is 0 Å². The van der Waals surface area contributed by atoms with E-state index in [1.54, 1.807) is 12.4 Å². The second kappa shape index (κ2) is 7.83. The zero-order valence-corrected chi connectivity index (χ0v) is 15.8. The Morgan fingerprint density at radius 1 is 1.03 bits per heavy atom. The lowest BCUT2D eigenvalue weighted by Gasteiger charge is -2.42. The van der Waals surface area contributed by atoms with Crippen LogP contribution in [-0.2, 0) is 4.74 Å². The van der Waals surface area contributed by atoms with Gasteiger partial charge >= 0.3 is 0 Å². The minimum absolute atomic E-state index is 0.528. The number of aliphatic hydroxyl groups is 5. The Bertz CT molecular complexity index is 1000. The molecule has 29 heavy (non-hydrogen) atoms. The molecule has 1 aromatic heterocycles. The van der Waals surface area contributed by atoms with Crippen molar-refractivity contribution in [1.82, 2.24) is 9.97 Å². The number of rotatable bonds is 4. The number of nitrogens with one attached hydrogen (secondary N) is 1. The first kappa shape index (κ1) is 20.0. The Morgan fingerprint density at radius 2 is 1.76 bits per heavy atom. The SMILES string of the molecule is Cc1cc(-c2ccc3nc[nH]c3c2)ccc1[C@@H](O)[C@H]1O[C@H](CO)[C@@H](O)[C@H](O)[C@@H]1O. The van der Waals surface area contributed by atoms with Gasteiger partial charge in [0.15, 0.2) is 0 Å². The van der Waals surface area contributed by atoms with Crippen molar-refractivity contribution in [2.75, 3.05) is 6.61 Å². The number of H-pyrrole nitrogens is 1. The van der Waals surface area contributed by atoms with Crippen molar-refractivity contribution >= 4 is 11.0 Å². The number of imidazole rings is 1. The molecule has 0 unspecified atom stereocenters. The molecule has 6 N–H and O–H groups in total. The fourth-order valence-corrected chi connectivity index (χ4v) is 3.87. The van der Waals surface area contributed by atoms with Gasteiger partial charge in [0.1, 0.15) is 36.6 Å². The maximum absolute atomic E-state index is 10.8. The summed E-state index contributed by atoms with van der Waals surface area (Å²) in [6.45, 7) is 1.29. The summed E-state index contributed by atoms with van der Waals surface area (Å²) >= 11 is 0. The number of aromatic nitrogens is 2. The van der Waals surface area contributed by atoms with Crippen molar-refractivity contribution < 1.29 is 30.3 Å². The molecule has 2 aromatic carbocycles. The van der Waals surface area contributed by atoms with E-state index in [1.165, 1.54) is 0 Å². The van der Waals surface area contributed by atoms with E-state index in [9.17, 15) is 25.5 Å². The molecule has 0 bridgehead atoms. The summed E-state index contributed by atoms with van der Waals surface area (Å²) in [5.74, 6) is 0. The smallest absolute Gasteiger partial charge is 0.117 e. The molecular formula is C21H24N2O6. The van der Waals surface area contributed by atoms with Gasteiger partial charge in [-0.25, -0.2) is 4.98 Å². The standard InChI is InChI=1S/C21H24N2O6/c1-10-6-11(12-3-5-14-15(7-12)23-9-22-14)2-4-13(10)17(25)21-20(28)19(27)18(26)16(8-24)29-21/h2-7,9,16-21,24-28H,8H2,1H3,(H,22,23)/t16-,17-,18-,19+,20+,21-/m1/s1. The largest absolute Gasteiger partial charge is 0.394 e. The zero-order valence-electron chi connectivity index (χ0n) is 15.8. The Morgan fingerprint density at radius 3 is 2.48 bits per heavy atom. The summed E-state index contributed by atoms with van der Waals surface area (Å²) in [6.07, 6.45) is -6.33. The second-order valence-electron chi connectivity index (χ2n) is 7.44. The zero-order chi connectivity index (χ0) is 20.7. The monoisotopic (exact) mass is 400 g/mol. The first-order valence-corrected chi connectivity index (χ1v) is 9.43. The van der Waals surface area contributed by atoms with Crippen molar-refractivity contribution in [2.24, 2.45) is 0 Å². The van der Waals surface area contributed by atoms with Gasteiger partial charge in [-0.3, -0.25) is 0 Å². The van der Waals surface area contributed by atoms with Crippen LogP contribution in [-0.4, -0.2) is 72.6 Å². The molecule has 1 aliphatic rings. The molecule has 0 amide bonds. The van der Waals surface area contributed by atoms with Gasteiger partial charge in [-0.05, 0) is 41.3 Å². The summed E-state index contributed by atoms with van der Waals surface area (Å²) in [4.78, 5) is 7.29. The van der Waals surface area contributed by atoms with Gasteiger partial charge in [-0.15, -0.1) is 0 Å². The van der Waals surface area contributed by atoms with Crippen LogP contribution in [0.4, 0.5) is 0 Å². The van der Waals surface area contributed by atoms with E-state index in [-0.39, 0.29) is 0 Å². The first-order valence-electron chi connectivity index (χ1n) is 9.43. The summed E-state index contributed by atoms with van der Waals surface area (Å²) in [7, 11) is 0. The Labute approximate surface area is 167 Å².